The van der Waals surface area contributed by atoms with Crippen molar-refractivity contribution in [1.82, 2.24) is 9.88 Å². The molecule has 1 aromatic carbocycles. The fraction of sp³-hybridized carbons (Fsp3) is 0.294. The zero-order chi connectivity index (χ0) is 17.7. The Morgan fingerprint density at radius 2 is 2.04 bits per heavy atom. The smallest absolute Gasteiger partial charge is 0.314 e. The van der Waals surface area contributed by atoms with E-state index >= 15 is 0 Å². The minimum absolute atomic E-state index is 0.185. The van der Waals surface area contributed by atoms with E-state index in [2.05, 4.69) is 10.3 Å². The Hall–Kier alpha value is -2.28. The number of hydrogen-bond acceptors (Lipinski definition) is 2. The number of halogens is 4. The molecule has 2 unspecified atom stereocenters. The molecule has 3 heterocycles. The number of hydrogen-bond donors (Lipinski definition) is 1. The first-order chi connectivity index (χ1) is 12.0. The molecule has 4 rings (SSSR count). The van der Waals surface area contributed by atoms with Gasteiger partial charge in [0.2, 0.25) is 5.95 Å². The Kier molecular flexibility index (Phi) is 3.83. The number of urea groups is 1. The van der Waals surface area contributed by atoms with E-state index in [0.717, 1.165) is 24.1 Å². The maximum absolute atomic E-state index is 14.0. The van der Waals surface area contributed by atoms with Crippen LogP contribution in [0.15, 0.2) is 24.4 Å². The predicted octanol–water partition coefficient (Wildman–Crippen LogP) is 4.45. The lowest BCUT2D eigenvalue weighted by molar-refractivity contribution is 0.178. The number of aromatic nitrogens is 1. The molecule has 2 aliphatic rings. The summed E-state index contributed by atoms with van der Waals surface area (Å²) < 4.78 is 41.2. The number of benzene rings is 1. The standard InChI is InChI=1S/C17H13ClF3N3O/c18-14-11(19)2-3-12(15(14)20)23-17(25)24-8-1-4-13(24)9-5-6-22-16(21)10(9)7-8/h2-3,5-6,8,13H,1,4,7H2,(H,23,25). The first kappa shape index (κ1) is 16.2. The fourth-order valence-electron chi connectivity index (χ4n) is 3.73. The molecule has 0 aliphatic carbocycles. The fourth-order valence-corrected chi connectivity index (χ4v) is 3.89. The third-order valence-electron chi connectivity index (χ3n) is 4.85. The molecule has 0 radical (unpaired) electrons. The molecule has 2 aliphatic heterocycles. The van der Waals surface area contributed by atoms with Crippen molar-refractivity contribution in [3.63, 3.8) is 0 Å². The highest BCUT2D eigenvalue weighted by Gasteiger charge is 2.43. The third kappa shape index (κ3) is 2.54. The molecule has 2 atom stereocenters. The molecule has 0 saturated carbocycles. The van der Waals surface area contributed by atoms with Crippen LogP contribution in [0.2, 0.25) is 5.02 Å². The maximum Gasteiger partial charge on any atom is 0.322 e. The van der Waals surface area contributed by atoms with Crippen LogP contribution in [-0.4, -0.2) is 22.0 Å². The SMILES string of the molecule is O=C(Nc1ccc(F)c(Cl)c1F)N1C2CCC1c1ccnc(F)c1C2. The molecular weight excluding hydrogens is 355 g/mol. The number of anilines is 1. The zero-order valence-electron chi connectivity index (χ0n) is 12.9. The van der Waals surface area contributed by atoms with E-state index in [9.17, 15) is 18.0 Å². The van der Waals surface area contributed by atoms with Crippen molar-refractivity contribution >= 4 is 23.3 Å². The summed E-state index contributed by atoms with van der Waals surface area (Å²) in [6, 6.07) is 2.83. The molecule has 1 N–H and O–H groups in total. The Morgan fingerprint density at radius 3 is 2.84 bits per heavy atom. The number of fused-ring (bicyclic) bond motifs is 4. The number of carbonyl (C=O) groups excluding carboxylic acids is 1. The Balaban J connectivity index is 1.63. The molecule has 2 bridgehead atoms. The van der Waals surface area contributed by atoms with Gasteiger partial charge in [-0.25, -0.2) is 18.6 Å². The summed E-state index contributed by atoms with van der Waals surface area (Å²) in [6.45, 7) is 0. The molecule has 130 valence electrons. The first-order valence-electron chi connectivity index (χ1n) is 7.83. The van der Waals surface area contributed by atoms with Crippen molar-refractivity contribution < 1.29 is 18.0 Å². The van der Waals surface area contributed by atoms with Gasteiger partial charge >= 0.3 is 6.03 Å². The lowest BCUT2D eigenvalue weighted by atomic mass is 9.95. The first-order valence-corrected chi connectivity index (χ1v) is 8.21. The van der Waals surface area contributed by atoms with Gasteiger partial charge in [-0.3, -0.25) is 0 Å². The summed E-state index contributed by atoms with van der Waals surface area (Å²) in [5, 5.41) is 1.78. The summed E-state index contributed by atoms with van der Waals surface area (Å²) >= 11 is 5.54. The van der Waals surface area contributed by atoms with Crippen molar-refractivity contribution in [2.24, 2.45) is 0 Å². The average molecular weight is 368 g/mol. The van der Waals surface area contributed by atoms with Gasteiger partial charge in [0.1, 0.15) is 10.8 Å². The number of amides is 2. The Bertz CT molecular complexity index is 876. The van der Waals surface area contributed by atoms with E-state index < -0.39 is 28.6 Å². The largest absolute Gasteiger partial charge is 0.322 e. The quantitative estimate of drug-likeness (QED) is 0.598. The van der Waals surface area contributed by atoms with Gasteiger partial charge in [-0.1, -0.05) is 11.6 Å². The second-order valence-electron chi connectivity index (χ2n) is 6.18. The van der Waals surface area contributed by atoms with Crippen LogP contribution in [0.25, 0.3) is 0 Å². The highest BCUT2D eigenvalue weighted by Crippen LogP contribution is 2.44. The van der Waals surface area contributed by atoms with Gasteiger partial charge in [0.15, 0.2) is 5.82 Å². The third-order valence-corrected chi connectivity index (χ3v) is 5.20. The predicted molar refractivity (Wildman–Crippen MR) is 85.9 cm³/mol. The molecule has 1 saturated heterocycles. The summed E-state index contributed by atoms with van der Waals surface area (Å²) in [5.74, 6) is -2.42. The van der Waals surface area contributed by atoms with E-state index in [1.165, 1.54) is 6.20 Å². The van der Waals surface area contributed by atoms with Crippen LogP contribution in [0, 0.1) is 17.6 Å². The molecule has 2 aromatic rings. The van der Waals surface area contributed by atoms with Crippen molar-refractivity contribution in [2.75, 3.05) is 5.32 Å². The minimum atomic E-state index is -1.02. The van der Waals surface area contributed by atoms with Crippen LogP contribution in [0.3, 0.4) is 0 Å². The van der Waals surface area contributed by atoms with E-state index in [-0.39, 0.29) is 17.8 Å². The second kappa shape index (κ2) is 5.91. The van der Waals surface area contributed by atoms with Crippen LogP contribution >= 0.6 is 11.6 Å². The highest BCUT2D eigenvalue weighted by molar-refractivity contribution is 6.31. The topological polar surface area (TPSA) is 45.2 Å². The summed E-state index contributed by atoms with van der Waals surface area (Å²) in [5.41, 5.74) is 1.08. The van der Waals surface area contributed by atoms with Gasteiger partial charge in [0.05, 0.1) is 11.7 Å². The van der Waals surface area contributed by atoms with Crippen LogP contribution < -0.4 is 5.32 Å². The average Bonchev–Trinajstić information content (AvgIpc) is 2.92. The number of nitrogens with one attached hydrogen (secondary N) is 1. The lowest BCUT2D eigenvalue weighted by Crippen LogP contribution is -2.44. The minimum Gasteiger partial charge on any atom is -0.314 e. The number of pyridine rings is 1. The maximum atomic E-state index is 14.0. The molecule has 4 nitrogen and oxygen atoms in total. The summed E-state index contributed by atoms with van der Waals surface area (Å²) in [4.78, 5) is 17.9. The Labute approximate surface area is 146 Å². The second-order valence-corrected chi connectivity index (χ2v) is 6.56. The number of nitrogens with zero attached hydrogens (tertiary/aromatic N) is 2. The van der Waals surface area contributed by atoms with Crippen LogP contribution in [0.1, 0.15) is 30.0 Å². The molecule has 2 amide bonds. The molecule has 1 fully saturated rings. The van der Waals surface area contributed by atoms with Gasteiger partial charge in [0.25, 0.3) is 0 Å². The van der Waals surface area contributed by atoms with Crippen molar-refractivity contribution in [2.45, 2.75) is 31.3 Å². The summed E-state index contributed by atoms with van der Waals surface area (Å²) in [6.07, 6.45) is 3.16. The normalized spacial score (nSPS) is 21.2. The monoisotopic (exact) mass is 367 g/mol. The van der Waals surface area contributed by atoms with Crippen molar-refractivity contribution in [1.29, 1.82) is 0 Å². The van der Waals surface area contributed by atoms with Crippen molar-refractivity contribution in [3.8, 4) is 0 Å². The van der Waals surface area contributed by atoms with Gasteiger partial charge in [-0.15, -0.1) is 0 Å². The molecular formula is C17H13ClF3N3O. The highest BCUT2D eigenvalue weighted by atomic mass is 35.5. The van der Waals surface area contributed by atoms with E-state index in [1.54, 1.807) is 11.0 Å². The number of carbonyl (C=O) groups is 1. The van der Waals surface area contributed by atoms with Gasteiger partial charge in [0, 0.05) is 17.8 Å². The molecule has 0 spiro atoms. The summed E-state index contributed by atoms with van der Waals surface area (Å²) in [7, 11) is 0. The van der Waals surface area contributed by atoms with E-state index in [4.69, 9.17) is 11.6 Å². The van der Waals surface area contributed by atoms with E-state index in [0.29, 0.717) is 18.4 Å². The van der Waals surface area contributed by atoms with Crippen LogP contribution in [0.5, 0.6) is 0 Å². The van der Waals surface area contributed by atoms with Crippen molar-refractivity contribution in [3.05, 3.63) is 58.1 Å². The molecule has 8 heteroatoms. The number of rotatable bonds is 1. The lowest BCUT2D eigenvalue weighted by Gasteiger charge is -2.36. The molecule has 1 aromatic heterocycles. The van der Waals surface area contributed by atoms with Crippen LogP contribution in [-0.2, 0) is 6.42 Å². The molecule has 25 heavy (non-hydrogen) atoms. The zero-order valence-corrected chi connectivity index (χ0v) is 13.7. The Morgan fingerprint density at radius 1 is 1.24 bits per heavy atom. The van der Waals surface area contributed by atoms with Gasteiger partial charge in [-0.05, 0) is 43.0 Å². The van der Waals surface area contributed by atoms with Gasteiger partial charge in [-0.2, -0.15) is 4.39 Å². The van der Waals surface area contributed by atoms with E-state index in [1.807, 2.05) is 0 Å². The van der Waals surface area contributed by atoms with Crippen LogP contribution in [0.4, 0.5) is 23.7 Å². The van der Waals surface area contributed by atoms with Gasteiger partial charge < -0.3 is 10.2 Å².